The Morgan fingerprint density at radius 1 is 1.28 bits per heavy atom. The average Bonchev–Trinajstić information content (AvgIpc) is 2.37. The molecule has 0 saturated carbocycles. The molecule has 18 heavy (non-hydrogen) atoms. The van der Waals surface area contributed by atoms with Gasteiger partial charge in [-0.1, -0.05) is 38.5 Å². The Morgan fingerprint density at radius 3 is 2.72 bits per heavy atom. The standard InChI is InChI=1S/C14H21NO2S/c1-11-7-8-13(10-12(11)2)18-9-5-3-4-6-14(16)15-17/h7-8,10-12H,3-6,9H2,1-2H3. The first-order valence-electron chi connectivity index (χ1n) is 6.52. The smallest absolute Gasteiger partial charge is 0.269 e. The van der Waals surface area contributed by atoms with Gasteiger partial charge in [-0.2, -0.15) is 0 Å². The fourth-order valence-corrected chi connectivity index (χ4v) is 2.85. The van der Waals surface area contributed by atoms with E-state index in [-0.39, 0.29) is 0 Å². The highest BCUT2D eigenvalue weighted by atomic mass is 32.2. The molecule has 1 rings (SSSR count). The molecule has 0 saturated heterocycles. The molecule has 0 aliphatic heterocycles. The Kier molecular flexibility index (Phi) is 6.94. The number of amides is 1. The molecule has 3 nitrogen and oxygen atoms in total. The Morgan fingerprint density at radius 2 is 2.06 bits per heavy atom. The van der Waals surface area contributed by atoms with Crippen molar-refractivity contribution in [3.05, 3.63) is 28.0 Å². The number of allylic oxidation sites excluding steroid dienone is 3. The van der Waals surface area contributed by atoms with Crippen LogP contribution in [-0.2, 0) is 4.79 Å². The SMILES string of the molecule is CC1C=CC(SCCCCCC(=O)N=O)=CC1C. The van der Waals surface area contributed by atoms with Gasteiger partial charge in [0, 0.05) is 16.5 Å². The van der Waals surface area contributed by atoms with E-state index in [1.54, 1.807) is 0 Å². The van der Waals surface area contributed by atoms with Crippen LogP contribution in [0.4, 0.5) is 0 Å². The average molecular weight is 267 g/mol. The van der Waals surface area contributed by atoms with Crippen molar-refractivity contribution in [1.29, 1.82) is 0 Å². The highest BCUT2D eigenvalue weighted by Gasteiger charge is 2.11. The third-order valence-electron chi connectivity index (χ3n) is 3.23. The van der Waals surface area contributed by atoms with Crippen molar-refractivity contribution in [3.8, 4) is 0 Å². The maximum absolute atomic E-state index is 10.7. The molecule has 2 unspecified atom stereocenters. The van der Waals surface area contributed by atoms with Crippen LogP contribution in [0.5, 0.6) is 0 Å². The minimum Gasteiger partial charge on any atom is -0.269 e. The molecule has 0 fully saturated rings. The summed E-state index contributed by atoms with van der Waals surface area (Å²) >= 11 is 1.87. The first-order chi connectivity index (χ1) is 8.63. The molecule has 1 aliphatic rings. The van der Waals surface area contributed by atoms with E-state index in [4.69, 9.17) is 0 Å². The van der Waals surface area contributed by atoms with E-state index < -0.39 is 5.91 Å². The fraction of sp³-hybridized carbons (Fsp3) is 0.643. The largest absolute Gasteiger partial charge is 0.286 e. The summed E-state index contributed by atoms with van der Waals surface area (Å²) in [6, 6.07) is 0. The van der Waals surface area contributed by atoms with Crippen LogP contribution in [0, 0.1) is 16.7 Å². The lowest BCUT2D eigenvalue weighted by molar-refractivity contribution is -0.118. The van der Waals surface area contributed by atoms with Crippen LogP contribution in [0.1, 0.15) is 39.5 Å². The second kappa shape index (κ2) is 8.25. The number of unbranched alkanes of at least 4 members (excludes halogenated alkanes) is 2. The number of thioether (sulfide) groups is 1. The number of carbonyl (C=O) groups excluding carboxylic acids is 1. The van der Waals surface area contributed by atoms with E-state index in [0.29, 0.717) is 18.3 Å². The molecule has 0 heterocycles. The molecule has 0 bridgehead atoms. The van der Waals surface area contributed by atoms with Gasteiger partial charge in [0.05, 0.1) is 0 Å². The van der Waals surface area contributed by atoms with Crippen LogP contribution < -0.4 is 0 Å². The predicted molar refractivity (Wildman–Crippen MR) is 77.3 cm³/mol. The molecule has 2 atom stereocenters. The van der Waals surface area contributed by atoms with E-state index in [0.717, 1.165) is 25.0 Å². The summed E-state index contributed by atoms with van der Waals surface area (Å²) in [5, 5.41) is 2.38. The number of hydrogen-bond acceptors (Lipinski definition) is 3. The van der Waals surface area contributed by atoms with Crippen LogP contribution >= 0.6 is 11.8 Å². The van der Waals surface area contributed by atoms with E-state index in [2.05, 4.69) is 37.3 Å². The maximum Gasteiger partial charge on any atom is 0.286 e. The van der Waals surface area contributed by atoms with Crippen molar-refractivity contribution >= 4 is 17.7 Å². The zero-order valence-corrected chi connectivity index (χ0v) is 11.9. The van der Waals surface area contributed by atoms with Crippen molar-refractivity contribution in [3.63, 3.8) is 0 Å². The van der Waals surface area contributed by atoms with Gasteiger partial charge in [0.25, 0.3) is 5.91 Å². The quantitative estimate of drug-likeness (QED) is 0.510. The summed E-state index contributed by atoms with van der Waals surface area (Å²) in [5.41, 5.74) is 0. The second-order valence-electron chi connectivity index (χ2n) is 4.79. The Bertz CT molecular complexity index is 350. The summed E-state index contributed by atoms with van der Waals surface area (Å²) in [7, 11) is 0. The molecule has 4 heteroatoms. The summed E-state index contributed by atoms with van der Waals surface area (Å²) in [5.74, 6) is 1.80. The molecule has 1 aliphatic carbocycles. The zero-order chi connectivity index (χ0) is 13.4. The molecule has 0 aromatic carbocycles. The number of nitrogens with zero attached hydrogens (tertiary/aromatic N) is 1. The highest BCUT2D eigenvalue weighted by Crippen LogP contribution is 2.29. The van der Waals surface area contributed by atoms with E-state index in [1.807, 2.05) is 11.8 Å². The molecule has 100 valence electrons. The molecular formula is C14H21NO2S. The lowest BCUT2D eigenvalue weighted by Gasteiger charge is -2.18. The van der Waals surface area contributed by atoms with Crippen LogP contribution in [0.3, 0.4) is 0 Å². The van der Waals surface area contributed by atoms with Gasteiger partial charge in [-0.25, -0.2) is 0 Å². The van der Waals surface area contributed by atoms with Crippen LogP contribution in [0.25, 0.3) is 0 Å². The first-order valence-corrected chi connectivity index (χ1v) is 7.51. The molecule has 0 radical (unpaired) electrons. The topological polar surface area (TPSA) is 46.5 Å². The summed E-state index contributed by atoms with van der Waals surface area (Å²) < 4.78 is 0. The van der Waals surface area contributed by atoms with Gasteiger partial charge >= 0.3 is 0 Å². The van der Waals surface area contributed by atoms with E-state index >= 15 is 0 Å². The zero-order valence-electron chi connectivity index (χ0n) is 11.1. The molecule has 0 spiro atoms. The van der Waals surface area contributed by atoms with Crippen molar-refractivity contribution in [2.75, 3.05) is 5.75 Å². The minimum atomic E-state index is -0.525. The van der Waals surface area contributed by atoms with Crippen LogP contribution in [-0.4, -0.2) is 11.7 Å². The lowest BCUT2D eigenvalue weighted by Crippen LogP contribution is -2.05. The number of hydrogen-bond donors (Lipinski definition) is 0. The van der Waals surface area contributed by atoms with Crippen LogP contribution in [0.2, 0.25) is 0 Å². The lowest BCUT2D eigenvalue weighted by atomic mass is 9.92. The molecule has 0 aromatic rings. The number of nitroso groups, excluding NO2 is 1. The Hall–Kier alpha value is -0.900. The van der Waals surface area contributed by atoms with Gasteiger partial charge < -0.3 is 0 Å². The van der Waals surface area contributed by atoms with Gasteiger partial charge in [-0.3, -0.25) is 4.79 Å². The van der Waals surface area contributed by atoms with E-state index in [9.17, 15) is 9.70 Å². The second-order valence-corrected chi connectivity index (χ2v) is 5.96. The predicted octanol–water partition coefficient (Wildman–Crippen LogP) is 4.30. The molecule has 1 amide bonds. The maximum atomic E-state index is 10.7. The minimum absolute atomic E-state index is 0.297. The van der Waals surface area contributed by atoms with Gasteiger partial charge in [0.15, 0.2) is 0 Å². The van der Waals surface area contributed by atoms with Gasteiger partial charge in [0.2, 0.25) is 0 Å². The molecule has 0 N–H and O–H groups in total. The van der Waals surface area contributed by atoms with Crippen LogP contribution in [0.15, 0.2) is 28.3 Å². The first kappa shape index (κ1) is 15.2. The molecular weight excluding hydrogens is 246 g/mol. The van der Waals surface area contributed by atoms with Crippen molar-refractivity contribution in [2.45, 2.75) is 39.5 Å². The van der Waals surface area contributed by atoms with E-state index in [1.165, 1.54) is 4.91 Å². The monoisotopic (exact) mass is 267 g/mol. The molecule has 0 aromatic heterocycles. The summed E-state index contributed by atoms with van der Waals surface area (Å²) in [6.45, 7) is 4.48. The third-order valence-corrected chi connectivity index (χ3v) is 4.32. The van der Waals surface area contributed by atoms with Gasteiger partial charge in [-0.15, -0.1) is 16.7 Å². The van der Waals surface area contributed by atoms with Gasteiger partial charge in [-0.05, 0) is 30.4 Å². The highest BCUT2D eigenvalue weighted by molar-refractivity contribution is 8.03. The van der Waals surface area contributed by atoms with Gasteiger partial charge in [0.1, 0.15) is 0 Å². The Balaban J connectivity index is 2.08. The number of carbonyl (C=O) groups is 1. The fourth-order valence-electron chi connectivity index (χ4n) is 1.78. The van der Waals surface area contributed by atoms with Crippen molar-refractivity contribution in [2.24, 2.45) is 17.0 Å². The normalized spacial score (nSPS) is 22.7. The summed E-state index contributed by atoms with van der Waals surface area (Å²) in [4.78, 5) is 21.9. The summed E-state index contributed by atoms with van der Waals surface area (Å²) in [6.07, 6.45) is 9.92. The number of rotatable bonds is 7. The Labute approximate surface area is 113 Å². The third kappa shape index (κ3) is 5.63. The van der Waals surface area contributed by atoms with Crippen molar-refractivity contribution in [1.82, 2.24) is 0 Å². The van der Waals surface area contributed by atoms with Crippen molar-refractivity contribution < 1.29 is 4.79 Å².